The first-order chi connectivity index (χ1) is 8.09. The Bertz CT molecular complexity index is 511. The van der Waals surface area contributed by atoms with Crippen molar-refractivity contribution in [3.8, 4) is 0 Å². The van der Waals surface area contributed by atoms with Crippen LogP contribution in [0.3, 0.4) is 0 Å². The summed E-state index contributed by atoms with van der Waals surface area (Å²) in [5, 5.41) is 3.77. The Morgan fingerprint density at radius 2 is 1.88 bits per heavy atom. The summed E-state index contributed by atoms with van der Waals surface area (Å²) in [4.78, 5) is 0. The number of thiophene rings is 1. The molecule has 2 rings (SSSR count). The van der Waals surface area contributed by atoms with Crippen molar-refractivity contribution in [1.29, 1.82) is 0 Å². The molecule has 0 amide bonds. The van der Waals surface area contributed by atoms with Crippen molar-refractivity contribution in [2.45, 2.75) is 12.5 Å². The van der Waals surface area contributed by atoms with Crippen LogP contribution in [0.25, 0.3) is 0 Å². The molecule has 1 heterocycles. The molecule has 1 atom stereocenters. The van der Waals surface area contributed by atoms with E-state index in [4.69, 9.17) is 5.73 Å². The van der Waals surface area contributed by atoms with E-state index in [1.54, 1.807) is 0 Å². The zero-order chi connectivity index (χ0) is 12.4. The van der Waals surface area contributed by atoms with Crippen LogP contribution in [0.15, 0.2) is 29.0 Å². The summed E-state index contributed by atoms with van der Waals surface area (Å²) in [5.74, 6) is -3.87. The molecule has 0 radical (unpaired) electrons. The van der Waals surface area contributed by atoms with Crippen molar-refractivity contribution in [2.75, 3.05) is 0 Å². The first kappa shape index (κ1) is 12.1. The minimum atomic E-state index is -1.47. The van der Waals surface area contributed by atoms with Crippen LogP contribution in [0.5, 0.6) is 0 Å². The second-order valence-corrected chi connectivity index (χ2v) is 4.49. The molecule has 1 aromatic heterocycles. The van der Waals surface area contributed by atoms with Gasteiger partial charge < -0.3 is 5.73 Å². The largest absolute Gasteiger partial charge is 0.324 e. The molecule has 0 aliphatic heterocycles. The molecular formula is C12H10F3NS. The van der Waals surface area contributed by atoms with Crippen LogP contribution in [0.4, 0.5) is 13.2 Å². The van der Waals surface area contributed by atoms with Crippen molar-refractivity contribution in [1.82, 2.24) is 0 Å². The van der Waals surface area contributed by atoms with Crippen molar-refractivity contribution < 1.29 is 13.2 Å². The van der Waals surface area contributed by atoms with Gasteiger partial charge in [0.05, 0.1) is 0 Å². The summed E-state index contributed by atoms with van der Waals surface area (Å²) in [6.45, 7) is 0. The van der Waals surface area contributed by atoms with Gasteiger partial charge in [0.15, 0.2) is 17.5 Å². The fraction of sp³-hybridized carbons (Fsp3) is 0.167. The number of hydrogen-bond donors (Lipinski definition) is 1. The zero-order valence-electron chi connectivity index (χ0n) is 8.79. The van der Waals surface area contributed by atoms with Crippen LogP contribution in [0.2, 0.25) is 0 Å². The molecule has 0 fully saturated rings. The number of benzene rings is 1. The Morgan fingerprint density at radius 3 is 2.53 bits per heavy atom. The Balaban J connectivity index is 2.25. The molecule has 0 spiro atoms. The Labute approximate surface area is 101 Å². The number of halogens is 3. The molecule has 5 heteroatoms. The quantitative estimate of drug-likeness (QED) is 0.838. The van der Waals surface area contributed by atoms with Crippen molar-refractivity contribution >= 4 is 11.3 Å². The maximum absolute atomic E-state index is 13.4. The highest BCUT2D eigenvalue weighted by atomic mass is 32.1. The van der Waals surface area contributed by atoms with Crippen molar-refractivity contribution in [3.05, 3.63) is 57.5 Å². The molecule has 0 aliphatic carbocycles. The van der Waals surface area contributed by atoms with Crippen LogP contribution in [-0.4, -0.2) is 0 Å². The van der Waals surface area contributed by atoms with Crippen LogP contribution in [0, 0.1) is 17.5 Å². The highest BCUT2D eigenvalue weighted by Crippen LogP contribution is 2.23. The van der Waals surface area contributed by atoms with E-state index in [0.29, 0.717) is 6.42 Å². The molecule has 1 aromatic carbocycles. The van der Waals surface area contributed by atoms with Crippen LogP contribution >= 0.6 is 11.3 Å². The monoisotopic (exact) mass is 257 g/mol. The SMILES string of the molecule is NC(Cc1ccsc1)c1ccc(F)c(F)c1F. The van der Waals surface area contributed by atoms with E-state index in [9.17, 15) is 13.2 Å². The van der Waals surface area contributed by atoms with Gasteiger partial charge in [-0.15, -0.1) is 0 Å². The highest BCUT2D eigenvalue weighted by Gasteiger charge is 2.18. The highest BCUT2D eigenvalue weighted by molar-refractivity contribution is 7.07. The standard InChI is InChI=1S/C12H10F3NS/c13-9-2-1-8(11(14)12(9)15)10(16)5-7-3-4-17-6-7/h1-4,6,10H,5,16H2. The lowest BCUT2D eigenvalue weighted by Crippen LogP contribution is -2.16. The third-order valence-corrected chi connectivity index (χ3v) is 3.23. The molecule has 2 aromatic rings. The number of hydrogen-bond acceptors (Lipinski definition) is 2. The van der Waals surface area contributed by atoms with Crippen LogP contribution in [0.1, 0.15) is 17.2 Å². The van der Waals surface area contributed by atoms with E-state index in [0.717, 1.165) is 11.6 Å². The molecule has 17 heavy (non-hydrogen) atoms. The Hall–Kier alpha value is -1.33. The predicted molar refractivity (Wildman–Crippen MR) is 61.3 cm³/mol. The van der Waals surface area contributed by atoms with Crippen LogP contribution < -0.4 is 5.73 Å². The van der Waals surface area contributed by atoms with E-state index in [1.807, 2.05) is 16.8 Å². The van der Waals surface area contributed by atoms with Gasteiger partial charge in [0, 0.05) is 11.6 Å². The Kier molecular flexibility index (Phi) is 3.49. The van der Waals surface area contributed by atoms with Gasteiger partial charge in [-0.1, -0.05) is 6.07 Å². The molecule has 1 nitrogen and oxygen atoms in total. The first-order valence-electron chi connectivity index (χ1n) is 4.99. The summed E-state index contributed by atoms with van der Waals surface area (Å²) in [5.41, 5.74) is 6.73. The normalized spacial score (nSPS) is 12.7. The smallest absolute Gasteiger partial charge is 0.194 e. The van der Waals surface area contributed by atoms with Crippen molar-refractivity contribution in [2.24, 2.45) is 5.73 Å². The maximum Gasteiger partial charge on any atom is 0.194 e. The summed E-state index contributed by atoms with van der Waals surface area (Å²) >= 11 is 1.50. The predicted octanol–water partition coefficient (Wildman–Crippen LogP) is 3.41. The zero-order valence-corrected chi connectivity index (χ0v) is 9.61. The summed E-state index contributed by atoms with van der Waals surface area (Å²) in [7, 11) is 0. The molecule has 2 N–H and O–H groups in total. The molecule has 0 saturated carbocycles. The van der Waals surface area contributed by atoms with E-state index in [-0.39, 0.29) is 5.56 Å². The van der Waals surface area contributed by atoms with Gasteiger partial charge in [-0.2, -0.15) is 11.3 Å². The second-order valence-electron chi connectivity index (χ2n) is 3.71. The maximum atomic E-state index is 13.4. The lowest BCUT2D eigenvalue weighted by atomic mass is 10.0. The average molecular weight is 257 g/mol. The van der Waals surface area contributed by atoms with Gasteiger partial charge in [-0.3, -0.25) is 0 Å². The minimum absolute atomic E-state index is 0.00454. The minimum Gasteiger partial charge on any atom is -0.324 e. The van der Waals surface area contributed by atoms with E-state index < -0.39 is 23.5 Å². The first-order valence-corrected chi connectivity index (χ1v) is 5.94. The topological polar surface area (TPSA) is 26.0 Å². The fourth-order valence-corrected chi connectivity index (χ4v) is 2.28. The molecule has 0 saturated heterocycles. The Morgan fingerprint density at radius 1 is 1.12 bits per heavy atom. The number of nitrogens with two attached hydrogens (primary N) is 1. The van der Waals surface area contributed by atoms with E-state index >= 15 is 0 Å². The van der Waals surface area contributed by atoms with Gasteiger partial charge in [-0.05, 0) is 34.9 Å². The van der Waals surface area contributed by atoms with Gasteiger partial charge in [0.2, 0.25) is 0 Å². The van der Waals surface area contributed by atoms with E-state index in [2.05, 4.69) is 0 Å². The third-order valence-electron chi connectivity index (χ3n) is 2.50. The lowest BCUT2D eigenvalue weighted by Gasteiger charge is -2.12. The third kappa shape index (κ3) is 2.50. The summed E-state index contributed by atoms with van der Waals surface area (Å²) in [6.07, 6.45) is 0.394. The average Bonchev–Trinajstić information content (AvgIpc) is 2.78. The lowest BCUT2D eigenvalue weighted by molar-refractivity contribution is 0.435. The van der Waals surface area contributed by atoms with Gasteiger partial charge >= 0.3 is 0 Å². The summed E-state index contributed by atoms with van der Waals surface area (Å²) in [6, 6.07) is 3.26. The van der Waals surface area contributed by atoms with Gasteiger partial charge in [-0.25, -0.2) is 13.2 Å². The van der Waals surface area contributed by atoms with Gasteiger partial charge in [0.25, 0.3) is 0 Å². The van der Waals surface area contributed by atoms with Crippen molar-refractivity contribution in [3.63, 3.8) is 0 Å². The van der Waals surface area contributed by atoms with E-state index in [1.165, 1.54) is 17.4 Å². The molecular weight excluding hydrogens is 247 g/mol. The second kappa shape index (κ2) is 4.89. The van der Waals surface area contributed by atoms with Crippen LogP contribution in [-0.2, 0) is 6.42 Å². The number of rotatable bonds is 3. The molecule has 0 aliphatic rings. The molecule has 90 valence electrons. The molecule has 1 unspecified atom stereocenters. The fourth-order valence-electron chi connectivity index (χ4n) is 1.60. The summed E-state index contributed by atoms with van der Waals surface area (Å²) < 4.78 is 39.2. The molecule has 0 bridgehead atoms. The van der Waals surface area contributed by atoms with Gasteiger partial charge in [0.1, 0.15) is 0 Å².